The summed E-state index contributed by atoms with van der Waals surface area (Å²) in [4.78, 5) is 13.8. The Bertz CT molecular complexity index is 426. The van der Waals surface area contributed by atoms with E-state index in [1.54, 1.807) is 4.90 Å². The molecule has 1 fully saturated rings. The summed E-state index contributed by atoms with van der Waals surface area (Å²) >= 11 is 0. The molecule has 3 N–H and O–H groups in total. The molecule has 0 aromatic rings. The van der Waals surface area contributed by atoms with Crippen molar-refractivity contribution in [2.75, 3.05) is 25.4 Å². The van der Waals surface area contributed by atoms with Crippen LogP contribution in [0.1, 0.15) is 40.0 Å². The van der Waals surface area contributed by atoms with E-state index in [1.807, 2.05) is 0 Å². The molecule has 0 unspecified atom stereocenters. The molecular weight excluding hydrogens is 278 g/mol. The molecule has 7 heteroatoms. The molecule has 6 nitrogen and oxygen atoms in total. The van der Waals surface area contributed by atoms with Crippen LogP contribution in [-0.2, 0) is 10.0 Å². The predicted octanol–water partition coefficient (Wildman–Crippen LogP) is 1.13. The molecule has 118 valence electrons. The summed E-state index contributed by atoms with van der Waals surface area (Å²) in [5.41, 5.74) is 0.0988. The lowest BCUT2D eigenvalue weighted by molar-refractivity contribution is 0.169. The van der Waals surface area contributed by atoms with E-state index in [9.17, 15) is 13.2 Å². The fraction of sp³-hybridized carbons (Fsp3) is 0.923. The van der Waals surface area contributed by atoms with Crippen molar-refractivity contribution in [2.45, 2.75) is 40.0 Å². The Morgan fingerprint density at radius 1 is 1.35 bits per heavy atom. The molecule has 0 aromatic carbocycles. The molecular formula is C13H27N3O3S. The van der Waals surface area contributed by atoms with Crippen molar-refractivity contribution < 1.29 is 13.2 Å². The van der Waals surface area contributed by atoms with Crippen molar-refractivity contribution in [3.63, 3.8) is 0 Å². The highest BCUT2D eigenvalue weighted by molar-refractivity contribution is 7.89. The van der Waals surface area contributed by atoms with Crippen molar-refractivity contribution in [3.8, 4) is 0 Å². The largest absolute Gasteiger partial charge is 0.337 e. The SMILES string of the molecule is CCC(C)(C)CNC(=O)N1CCC(CS(N)(=O)=O)CC1. The summed E-state index contributed by atoms with van der Waals surface area (Å²) in [7, 11) is -3.41. The number of carbonyl (C=O) groups is 1. The quantitative estimate of drug-likeness (QED) is 0.797. The minimum absolute atomic E-state index is 0.0192. The zero-order valence-corrected chi connectivity index (χ0v) is 13.5. The van der Waals surface area contributed by atoms with Gasteiger partial charge < -0.3 is 10.2 Å². The number of rotatable bonds is 5. The van der Waals surface area contributed by atoms with Crippen LogP contribution in [0.3, 0.4) is 0 Å². The van der Waals surface area contributed by atoms with Gasteiger partial charge in [0.2, 0.25) is 10.0 Å². The van der Waals surface area contributed by atoms with Gasteiger partial charge in [0, 0.05) is 19.6 Å². The van der Waals surface area contributed by atoms with Crippen LogP contribution in [0, 0.1) is 11.3 Å². The predicted molar refractivity (Wildman–Crippen MR) is 79.7 cm³/mol. The molecule has 0 atom stereocenters. The molecule has 0 aromatic heterocycles. The number of hydrogen-bond donors (Lipinski definition) is 2. The van der Waals surface area contributed by atoms with E-state index in [0.717, 1.165) is 6.42 Å². The number of hydrogen-bond acceptors (Lipinski definition) is 3. The first-order chi connectivity index (χ1) is 9.13. The maximum atomic E-state index is 12.0. The van der Waals surface area contributed by atoms with Gasteiger partial charge in [-0.3, -0.25) is 0 Å². The van der Waals surface area contributed by atoms with Gasteiger partial charge in [-0.25, -0.2) is 18.4 Å². The van der Waals surface area contributed by atoms with Gasteiger partial charge >= 0.3 is 6.03 Å². The second kappa shape index (κ2) is 6.76. The van der Waals surface area contributed by atoms with Gasteiger partial charge in [-0.2, -0.15) is 0 Å². The lowest BCUT2D eigenvalue weighted by Gasteiger charge is -2.33. The van der Waals surface area contributed by atoms with Gasteiger partial charge in [-0.1, -0.05) is 20.8 Å². The van der Waals surface area contributed by atoms with Crippen LogP contribution in [0.15, 0.2) is 0 Å². The molecule has 1 saturated heterocycles. The van der Waals surface area contributed by atoms with Crippen molar-refractivity contribution in [3.05, 3.63) is 0 Å². The summed E-state index contributed by atoms with van der Waals surface area (Å²) in [6.07, 6.45) is 2.39. The second-order valence-corrected chi connectivity index (χ2v) is 8.10. The number of primary sulfonamides is 1. The first kappa shape index (κ1) is 17.2. The van der Waals surface area contributed by atoms with Crippen LogP contribution < -0.4 is 10.5 Å². The number of carbonyl (C=O) groups excluding carboxylic acids is 1. The Morgan fingerprint density at radius 2 is 1.90 bits per heavy atom. The minimum Gasteiger partial charge on any atom is -0.337 e. The number of urea groups is 1. The van der Waals surface area contributed by atoms with Crippen LogP contribution in [0.4, 0.5) is 4.79 Å². The van der Waals surface area contributed by atoms with E-state index in [2.05, 4.69) is 26.1 Å². The molecule has 1 aliphatic rings. The van der Waals surface area contributed by atoms with Crippen molar-refractivity contribution >= 4 is 16.1 Å². The summed E-state index contributed by atoms with van der Waals surface area (Å²) in [5, 5.41) is 8.00. The monoisotopic (exact) mass is 305 g/mol. The number of nitrogens with one attached hydrogen (secondary N) is 1. The third-order valence-electron chi connectivity index (χ3n) is 4.05. The van der Waals surface area contributed by atoms with Crippen LogP contribution in [0.5, 0.6) is 0 Å². The highest BCUT2D eigenvalue weighted by Crippen LogP contribution is 2.20. The fourth-order valence-corrected chi connectivity index (χ4v) is 3.17. The average molecular weight is 305 g/mol. The number of amides is 2. The van der Waals surface area contributed by atoms with E-state index < -0.39 is 10.0 Å². The maximum Gasteiger partial charge on any atom is 0.317 e. The van der Waals surface area contributed by atoms with Crippen molar-refractivity contribution in [1.82, 2.24) is 10.2 Å². The van der Waals surface area contributed by atoms with E-state index in [4.69, 9.17) is 5.14 Å². The third-order valence-corrected chi connectivity index (χ3v) is 4.98. The number of nitrogens with two attached hydrogens (primary N) is 1. The van der Waals surface area contributed by atoms with Crippen molar-refractivity contribution in [1.29, 1.82) is 0 Å². The minimum atomic E-state index is -3.41. The molecule has 0 saturated carbocycles. The molecule has 0 bridgehead atoms. The molecule has 2 amide bonds. The Kier molecular flexibility index (Phi) is 5.82. The first-order valence-electron chi connectivity index (χ1n) is 7.16. The van der Waals surface area contributed by atoms with Crippen molar-refractivity contribution in [2.24, 2.45) is 16.5 Å². The van der Waals surface area contributed by atoms with E-state index >= 15 is 0 Å². The molecule has 0 radical (unpaired) electrons. The summed E-state index contributed by atoms with van der Waals surface area (Å²) in [6.45, 7) is 8.18. The molecule has 1 rings (SSSR count). The Balaban J connectivity index is 2.36. The van der Waals surface area contributed by atoms with Gasteiger partial charge in [0.15, 0.2) is 0 Å². The van der Waals surface area contributed by atoms with Crippen LogP contribution in [0.2, 0.25) is 0 Å². The smallest absolute Gasteiger partial charge is 0.317 e. The Labute approximate surface area is 122 Å². The van der Waals surface area contributed by atoms with Gasteiger partial charge in [0.05, 0.1) is 5.75 Å². The highest BCUT2D eigenvalue weighted by Gasteiger charge is 2.26. The molecule has 1 heterocycles. The third kappa shape index (κ3) is 6.09. The lowest BCUT2D eigenvalue weighted by atomic mass is 9.90. The lowest BCUT2D eigenvalue weighted by Crippen LogP contribution is -2.47. The van der Waals surface area contributed by atoms with Gasteiger partial charge in [-0.05, 0) is 30.6 Å². The van der Waals surface area contributed by atoms with Crippen LogP contribution >= 0.6 is 0 Å². The Hall–Kier alpha value is -0.820. The van der Waals surface area contributed by atoms with Crippen LogP contribution in [0.25, 0.3) is 0 Å². The highest BCUT2D eigenvalue weighted by atomic mass is 32.2. The molecule has 1 aliphatic heterocycles. The zero-order chi connectivity index (χ0) is 15.4. The fourth-order valence-electron chi connectivity index (χ4n) is 2.18. The number of piperidine rings is 1. The normalized spacial score (nSPS) is 18.1. The average Bonchev–Trinajstić information content (AvgIpc) is 2.35. The van der Waals surface area contributed by atoms with E-state index in [1.165, 1.54) is 0 Å². The number of nitrogens with zero attached hydrogens (tertiary/aromatic N) is 1. The number of likely N-dealkylation sites (tertiary alicyclic amines) is 1. The topological polar surface area (TPSA) is 92.5 Å². The van der Waals surface area contributed by atoms with Gasteiger partial charge in [-0.15, -0.1) is 0 Å². The molecule has 0 aliphatic carbocycles. The summed E-state index contributed by atoms with van der Waals surface area (Å²) in [5.74, 6) is 0.0897. The van der Waals surface area contributed by atoms with Gasteiger partial charge in [0.25, 0.3) is 0 Å². The van der Waals surface area contributed by atoms with Gasteiger partial charge in [0.1, 0.15) is 0 Å². The zero-order valence-electron chi connectivity index (χ0n) is 12.7. The second-order valence-electron chi connectivity index (χ2n) is 6.44. The Morgan fingerprint density at radius 3 is 2.35 bits per heavy atom. The summed E-state index contributed by atoms with van der Waals surface area (Å²) in [6, 6.07) is -0.0550. The number of sulfonamides is 1. The van der Waals surface area contributed by atoms with Crippen LogP contribution in [-0.4, -0.2) is 44.7 Å². The molecule has 0 spiro atoms. The molecule has 20 heavy (non-hydrogen) atoms. The first-order valence-corrected chi connectivity index (χ1v) is 8.88. The maximum absolute atomic E-state index is 12.0. The van der Waals surface area contributed by atoms with E-state index in [0.29, 0.717) is 32.5 Å². The summed E-state index contributed by atoms with van der Waals surface area (Å²) < 4.78 is 22.1. The standard InChI is InChI=1S/C13H27N3O3S/c1-4-13(2,3)10-15-12(17)16-7-5-11(6-8-16)9-20(14,18)19/h11H,4-10H2,1-3H3,(H,15,17)(H2,14,18,19). The van der Waals surface area contributed by atoms with E-state index in [-0.39, 0.29) is 23.1 Å².